The lowest BCUT2D eigenvalue weighted by molar-refractivity contribution is 0.397. The summed E-state index contributed by atoms with van der Waals surface area (Å²) in [5.74, 6) is 2.08. The highest BCUT2D eigenvalue weighted by Gasteiger charge is 2.14. The Labute approximate surface area is 132 Å². The molecule has 1 atom stereocenters. The van der Waals surface area contributed by atoms with E-state index < -0.39 is 0 Å². The van der Waals surface area contributed by atoms with Crippen molar-refractivity contribution in [2.24, 2.45) is 0 Å². The first-order valence-corrected chi connectivity index (χ1v) is 7.63. The fourth-order valence-electron chi connectivity index (χ4n) is 2.21. The number of rotatable bonds is 5. The number of thiazole rings is 1. The maximum Gasteiger partial charge on any atom is 0.148 e. The minimum atomic E-state index is 0.0512. The lowest BCUT2D eigenvalue weighted by atomic mass is 10.2. The van der Waals surface area contributed by atoms with Crippen molar-refractivity contribution in [2.45, 2.75) is 13.0 Å². The summed E-state index contributed by atoms with van der Waals surface area (Å²) in [6.45, 7) is 2.05. The highest BCUT2D eigenvalue weighted by molar-refractivity contribution is 7.09. The number of nitrogens with one attached hydrogen (secondary N) is 1. The monoisotopic (exact) mass is 316 g/mol. The van der Waals surface area contributed by atoms with Crippen LogP contribution in [0, 0.1) is 0 Å². The standard InChI is InChI=1S/C15H16N4O2S/c1-9(15-16-4-5-22-15)19-14-11-6-10(20-2)7-12(21-3)13(11)17-8-18-14/h4-9H,1-3H3,(H,17,18,19)/t9-/m1/s1. The average molecular weight is 316 g/mol. The Bertz CT molecular complexity index is 777. The van der Waals surface area contributed by atoms with E-state index in [1.807, 2.05) is 24.4 Å². The van der Waals surface area contributed by atoms with E-state index in [4.69, 9.17) is 9.47 Å². The molecule has 0 fully saturated rings. The summed E-state index contributed by atoms with van der Waals surface area (Å²) in [5.41, 5.74) is 0.743. The quantitative estimate of drug-likeness (QED) is 0.779. The van der Waals surface area contributed by atoms with Crippen LogP contribution in [-0.2, 0) is 0 Å². The van der Waals surface area contributed by atoms with Gasteiger partial charge in [0, 0.05) is 17.6 Å². The molecule has 7 heteroatoms. The zero-order chi connectivity index (χ0) is 15.5. The molecule has 0 saturated heterocycles. The SMILES string of the molecule is COc1cc(OC)c2ncnc(N[C@H](C)c3nccs3)c2c1. The van der Waals surface area contributed by atoms with E-state index in [2.05, 4.69) is 20.3 Å². The van der Waals surface area contributed by atoms with Crippen LogP contribution in [0.25, 0.3) is 10.9 Å². The second kappa shape index (κ2) is 6.15. The normalized spacial score (nSPS) is 12.1. The topological polar surface area (TPSA) is 69.2 Å². The van der Waals surface area contributed by atoms with Gasteiger partial charge in [-0.1, -0.05) is 0 Å². The smallest absolute Gasteiger partial charge is 0.148 e. The molecule has 1 N–H and O–H groups in total. The molecule has 6 nitrogen and oxygen atoms in total. The minimum Gasteiger partial charge on any atom is -0.497 e. The second-order valence-corrected chi connectivity index (χ2v) is 5.61. The third-order valence-corrected chi connectivity index (χ3v) is 4.27. The van der Waals surface area contributed by atoms with Crippen molar-refractivity contribution < 1.29 is 9.47 Å². The van der Waals surface area contributed by atoms with Crippen molar-refractivity contribution >= 4 is 28.1 Å². The molecular formula is C15H16N4O2S. The molecule has 0 unspecified atom stereocenters. The van der Waals surface area contributed by atoms with E-state index in [-0.39, 0.29) is 6.04 Å². The van der Waals surface area contributed by atoms with E-state index in [0.717, 1.165) is 21.7 Å². The number of benzene rings is 1. The van der Waals surface area contributed by atoms with Gasteiger partial charge in [0.15, 0.2) is 0 Å². The number of hydrogen-bond acceptors (Lipinski definition) is 7. The van der Waals surface area contributed by atoms with Gasteiger partial charge in [-0.3, -0.25) is 0 Å². The van der Waals surface area contributed by atoms with Gasteiger partial charge in [0.2, 0.25) is 0 Å². The molecule has 2 heterocycles. The lowest BCUT2D eigenvalue weighted by Gasteiger charge is -2.15. The highest BCUT2D eigenvalue weighted by atomic mass is 32.1. The third kappa shape index (κ3) is 2.67. The predicted molar refractivity (Wildman–Crippen MR) is 86.8 cm³/mol. The second-order valence-electron chi connectivity index (χ2n) is 4.68. The third-order valence-electron chi connectivity index (χ3n) is 3.31. The van der Waals surface area contributed by atoms with Crippen LogP contribution in [0.2, 0.25) is 0 Å². The van der Waals surface area contributed by atoms with Gasteiger partial charge in [0.1, 0.15) is 34.2 Å². The van der Waals surface area contributed by atoms with Crippen LogP contribution in [0.3, 0.4) is 0 Å². The van der Waals surface area contributed by atoms with Gasteiger partial charge in [-0.2, -0.15) is 0 Å². The van der Waals surface area contributed by atoms with Crippen LogP contribution < -0.4 is 14.8 Å². The summed E-state index contributed by atoms with van der Waals surface area (Å²) in [7, 11) is 3.23. The molecule has 0 aliphatic heterocycles. The number of nitrogens with zero attached hydrogens (tertiary/aromatic N) is 3. The molecule has 1 aromatic carbocycles. The van der Waals surface area contributed by atoms with Crippen molar-refractivity contribution in [3.05, 3.63) is 35.0 Å². The first kappa shape index (κ1) is 14.5. The zero-order valence-electron chi connectivity index (χ0n) is 12.5. The van der Waals surface area contributed by atoms with E-state index >= 15 is 0 Å². The van der Waals surface area contributed by atoms with E-state index in [0.29, 0.717) is 11.5 Å². The van der Waals surface area contributed by atoms with Crippen LogP contribution in [0.4, 0.5) is 5.82 Å². The molecule has 3 rings (SSSR count). The maximum atomic E-state index is 5.39. The fraction of sp³-hybridized carbons (Fsp3) is 0.267. The summed E-state index contributed by atoms with van der Waals surface area (Å²) in [6, 6.07) is 3.76. The lowest BCUT2D eigenvalue weighted by Crippen LogP contribution is -2.08. The van der Waals surface area contributed by atoms with Gasteiger partial charge in [-0.25, -0.2) is 15.0 Å². The van der Waals surface area contributed by atoms with Crippen molar-refractivity contribution in [3.8, 4) is 11.5 Å². The summed E-state index contributed by atoms with van der Waals surface area (Å²) < 4.78 is 10.7. The van der Waals surface area contributed by atoms with E-state index in [1.54, 1.807) is 31.8 Å². The van der Waals surface area contributed by atoms with Gasteiger partial charge < -0.3 is 14.8 Å². The Kier molecular flexibility index (Phi) is 4.06. The number of hydrogen-bond donors (Lipinski definition) is 1. The Hall–Kier alpha value is -2.41. The van der Waals surface area contributed by atoms with Crippen molar-refractivity contribution in [1.82, 2.24) is 15.0 Å². The molecule has 0 radical (unpaired) electrons. The number of methoxy groups -OCH3 is 2. The summed E-state index contributed by atoms with van der Waals surface area (Å²) in [5, 5.41) is 7.18. The fourth-order valence-corrected chi connectivity index (χ4v) is 2.86. The molecular weight excluding hydrogens is 300 g/mol. The molecule has 0 spiro atoms. The largest absolute Gasteiger partial charge is 0.497 e. The predicted octanol–water partition coefficient (Wildman–Crippen LogP) is 3.28. The molecule has 0 bridgehead atoms. The van der Waals surface area contributed by atoms with Crippen LogP contribution in [0.5, 0.6) is 11.5 Å². The van der Waals surface area contributed by atoms with Crippen LogP contribution in [0.1, 0.15) is 18.0 Å². The number of aromatic nitrogens is 3. The highest BCUT2D eigenvalue weighted by Crippen LogP contribution is 2.33. The van der Waals surface area contributed by atoms with Crippen LogP contribution in [-0.4, -0.2) is 29.2 Å². The zero-order valence-corrected chi connectivity index (χ0v) is 13.3. The molecule has 114 valence electrons. The number of anilines is 1. The first-order chi connectivity index (χ1) is 10.7. The van der Waals surface area contributed by atoms with Crippen molar-refractivity contribution in [3.63, 3.8) is 0 Å². The van der Waals surface area contributed by atoms with Crippen LogP contribution in [0.15, 0.2) is 30.0 Å². The van der Waals surface area contributed by atoms with Crippen LogP contribution >= 0.6 is 11.3 Å². The molecule has 0 amide bonds. The van der Waals surface area contributed by atoms with E-state index in [1.165, 1.54) is 6.33 Å². The molecule has 3 aromatic rings. The summed E-state index contributed by atoms with van der Waals surface area (Å²) >= 11 is 1.60. The van der Waals surface area contributed by atoms with E-state index in [9.17, 15) is 0 Å². The van der Waals surface area contributed by atoms with Gasteiger partial charge in [-0.15, -0.1) is 11.3 Å². The van der Waals surface area contributed by atoms with Gasteiger partial charge in [0.05, 0.1) is 25.6 Å². The van der Waals surface area contributed by atoms with Gasteiger partial charge >= 0.3 is 0 Å². The van der Waals surface area contributed by atoms with Crippen molar-refractivity contribution in [1.29, 1.82) is 0 Å². The Balaban J connectivity index is 2.05. The molecule has 0 aliphatic carbocycles. The number of fused-ring (bicyclic) bond motifs is 1. The molecule has 0 aliphatic rings. The summed E-state index contributed by atoms with van der Waals surface area (Å²) in [6.07, 6.45) is 3.32. The van der Waals surface area contributed by atoms with Gasteiger partial charge in [-0.05, 0) is 13.0 Å². The van der Waals surface area contributed by atoms with Crippen molar-refractivity contribution in [2.75, 3.05) is 19.5 Å². The Morgan fingerprint density at radius 2 is 2.00 bits per heavy atom. The van der Waals surface area contributed by atoms with Gasteiger partial charge in [0.25, 0.3) is 0 Å². The molecule has 22 heavy (non-hydrogen) atoms. The Morgan fingerprint density at radius 1 is 1.14 bits per heavy atom. The molecule has 2 aromatic heterocycles. The number of ether oxygens (including phenoxy) is 2. The summed E-state index contributed by atoms with van der Waals surface area (Å²) in [4.78, 5) is 13.0. The maximum absolute atomic E-state index is 5.39. The Morgan fingerprint density at radius 3 is 2.68 bits per heavy atom. The minimum absolute atomic E-state index is 0.0512. The average Bonchev–Trinajstić information content (AvgIpc) is 3.08. The first-order valence-electron chi connectivity index (χ1n) is 6.75. The molecule has 0 saturated carbocycles.